The van der Waals surface area contributed by atoms with Crippen LogP contribution in [0.25, 0.3) is 0 Å². The number of Topliss-reactive ketones (excluding diaryl/α,β-unsaturated/α-hetero) is 1. The first-order chi connectivity index (χ1) is 7.95. The standard InChI is InChI=1S/C13H19BrN2O/c1-4-10-12(14)11(16(3)15-10)8-13(2)6-5-9(17)7-13/h4-8H2,1-3H3. The molecule has 1 atom stereocenters. The molecule has 3 nitrogen and oxygen atoms in total. The number of ketones is 1. The molecular weight excluding hydrogens is 280 g/mol. The van der Waals surface area contributed by atoms with Crippen LogP contribution in [0.4, 0.5) is 0 Å². The summed E-state index contributed by atoms with van der Waals surface area (Å²) in [6.07, 6.45) is 4.33. The molecule has 94 valence electrons. The fourth-order valence-electron chi connectivity index (χ4n) is 2.66. The van der Waals surface area contributed by atoms with Crippen molar-refractivity contribution in [3.05, 3.63) is 15.9 Å². The number of aryl methyl sites for hydroxylation is 2. The Hall–Kier alpha value is -0.640. The van der Waals surface area contributed by atoms with Crippen molar-refractivity contribution in [2.75, 3.05) is 0 Å². The highest BCUT2D eigenvalue weighted by Crippen LogP contribution is 2.40. The van der Waals surface area contributed by atoms with E-state index in [1.807, 2.05) is 11.7 Å². The number of carbonyl (C=O) groups is 1. The molecule has 17 heavy (non-hydrogen) atoms. The van der Waals surface area contributed by atoms with Crippen LogP contribution in [0, 0.1) is 5.41 Å². The molecule has 0 saturated heterocycles. The lowest BCUT2D eigenvalue weighted by Gasteiger charge is -2.22. The van der Waals surface area contributed by atoms with Crippen LogP contribution in [0.2, 0.25) is 0 Å². The second-order valence-corrected chi connectivity index (χ2v) is 6.18. The molecule has 0 N–H and O–H groups in total. The summed E-state index contributed by atoms with van der Waals surface area (Å²) in [5, 5.41) is 4.51. The zero-order valence-electron chi connectivity index (χ0n) is 10.7. The number of carbonyl (C=O) groups excluding carboxylic acids is 1. The van der Waals surface area contributed by atoms with Crippen molar-refractivity contribution >= 4 is 21.7 Å². The van der Waals surface area contributed by atoms with Gasteiger partial charge in [-0.1, -0.05) is 13.8 Å². The SMILES string of the molecule is CCc1nn(C)c(CC2(C)CCC(=O)C2)c1Br. The molecular formula is C13H19BrN2O. The van der Waals surface area contributed by atoms with E-state index in [1.54, 1.807) is 0 Å². The average molecular weight is 299 g/mol. The van der Waals surface area contributed by atoms with Crippen molar-refractivity contribution < 1.29 is 4.79 Å². The maximum atomic E-state index is 11.4. The minimum atomic E-state index is 0.123. The summed E-state index contributed by atoms with van der Waals surface area (Å²) in [6, 6.07) is 0. The second kappa shape index (κ2) is 4.56. The predicted octanol–water partition coefficient (Wildman–Crippen LogP) is 3.05. The predicted molar refractivity (Wildman–Crippen MR) is 71.0 cm³/mol. The highest BCUT2D eigenvalue weighted by Gasteiger charge is 2.35. The van der Waals surface area contributed by atoms with Crippen LogP contribution in [-0.2, 0) is 24.7 Å². The minimum Gasteiger partial charge on any atom is -0.300 e. The molecule has 0 radical (unpaired) electrons. The molecule has 1 aliphatic carbocycles. The van der Waals surface area contributed by atoms with Crippen molar-refractivity contribution in [2.45, 2.75) is 46.0 Å². The Morgan fingerprint density at radius 3 is 2.71 bits per heavy atom. The van der Waals surface area contributed by atoms with Crippen LogP contribution in [0.15, 0.2) is 4.47 Å². The Labute approximate surface area is 111 Å². The maximum absolute atomic E-state index is 11.4. The molecule has 1 aromatic rings. The van der Waals surface area contributed by atoms with Crippen LogP contribution in [0.1, 0.15) is 44.5 Å². The molecule has 0 aromatic carbocycles. The summed E-state index contributed by atoms with van der Waals surface area (Å²) >= 11 is 3.64. The summed E-state index contributed by atoms with van der Waals surface area (Å²) < 4.78 is 3.08. The lowest BCUT2D eigenvalue weighted by atomic mass is 9.84. The van der Waals surface area contributed by atoms with Gasteiger partial charge in [0.1, 0.15) is 5.78 Å². The van der Waals surface area contributed by atoms with Gasteiger partial charge in [-0.25, -0.2) is 0 Å². The van der Waals surface area contributed by atoms with Gasteiger partial charge < -0.3 is 0 Å². The summed E-state index contributed by atoms with van der Waals surface area (Å²) in [5.41, 5.74) is 2.45. The van der Waals surface area contributed by atoms with Crippen molar-refractivity contribution in [1.29, 1.82) is 0 Å². The zero-order valence-corrected chi connectivity index (χ0v) is 12.3. The summed E-state index contributed by atoms with van der Waals surface area (Å²) in [7, 11) is 1.99. The topological polar surface area (TPSA) is 34.9 Å². The van der Waals surface area contributed by atoms with Gasteiger partial charge >= 0.3 is 0 Å². The van der Waals surface area contributed by atoms with Crippen molar-refractivity contribution in [2.24, 2.45) is 12.5 Å². The van der Waals surface area contributed by atoms with E-state index in [0.717, 1.165) is 35.8 Å². The molecule has 0 bridgehead atoms. The van der Waals surface area contributed by atoms with E-state index >= 15 is 0 Å². The third kappa shape index (κ3) is 2.46. The molecule has 1 unspecified atom stereocenters. The number of hydrogen-bond donors (Lipinski definition) is 0. The Morgan fingerprint density at radius 2 is 2.24 bits per heavy atom. The highest BCUT2D eigenvalue weighted by molar-refractivity contribution is 9.10. The summed E-state index contributed by atoms with van der Waals surface area (Å²) in [5.74, 6) is 0.404. The fraction of sp³-hybridized carbons (Fsp3) is 0.692. The first-order valence-electron chi connectivity index (χ1n) is 6.17. The van der Waals surface area contributed by atoms with Crippen LogP contribution in [0.5, 0.6) is 0 Å². The van der Waals surface area contributed by atoms with Gasteiger partial charge in [-0.15, -0.1) is 0 Å². The lowest BCUT2D eigenvalue weighted by molar-refractivity contribution is -0.117. The van der Waals surface area contributed by atoms with E-state index in [9.17, 15) is 4.79 Å². The van der Waals surface area contributed by atoms with Gasteiger partial charge in [-0.2, -0.15) is 5.10 Å². The molecule has 1 heterocycles. The Kier molecular flexibility index (Phi) is 3.43. The Balaban J connectivity index is 2.24. The van der Waals surface area contributed by atoms with Gasteiger partial charge in [-0.3, -0.25) is 9.48 Å². The molecule has 1 aromatic heterocycles. The maximum Gasteiger partial charge on any atom is 0.133 e. The number of rotatable bonds is 3. The smallest absolute Gasteiger partial charge is 0.133 e. The number of nitrogens with zero attached hydrogens (tertiary/aromatic N) is 2. The van der Waals surface area contributed by atoms with E-state index in [2.05, 4.69) is 34.9 Å². The van der Waals surface area contributed by atoms with E-state index < -0.39 is 0 Å². The summed E-state index contributed by atoms with van der Waals surface area (Å²) in [6.45, 7) is 4.32. The second-order valence-electron chi connectivity index (χ2n) is 5.39. The third-order valence-corrected chi connectivity index (χ3v) is 4.64. The van der Waals surface area contributed by atoms with Gasteiger partial charge in [0.2, 0.25) is 0 Å². The van der Waals surface area contributed by atoms with Gasteiger partial charge in [0.05, 0.1) is 15.9 Å². The lowest BCUT2D eigenvalue weighted by Crippen LogP contribution is -2.18. The largest absolute Gasteiger partial charge is 0.300 e. The number of halogens is 1. The van der Waals surface area contributed by atoms with Gasteiger partial charge in [0.15, 0.2) is 0 Å². The zero-order chi connectivity index (χ0) is 12.6. The molecule has 0 amide bonds. The molecule has 2 rings (SSSR count). The van der Waals surface area contributed by atoms with Gasteiger partial charge in [-0.05, 0) is 40.6 Å². The molecule has 1 fully saturated rings. The molecule has 4 heteroatoms. The van der Waals surface area contributed by atoms with E-state index in [0.29, 0.717) is 12.2 Å². The van der Waals surface area contributed by atoms with Gasteiger partial charge in [0.25, 0.3) is 0 Å². The Bertz CT molecular complexity index is 453. The van der Waals surface area contributed by atoms with Crippen LogP contribution >= 0.6 is 15.9 Å². The first kappa shape index (κ1) is 12.8. The number of hydrogen-bond acceptors (Lipinski definition) is 2. The van der Waals surface area contributed by atoms with Crippen LogP contribution in [0.3, 0.4) is 0 Å². The van der Waals surface area contributed by atoms with Crippen molar-refractivity contribution in [3.63, 3.8) is 0 Å². The monoisotopic (exact) mass is 298 g/mol. The molecule has 0 spiro atoms. The first-order valence-corrected chi connectivity index (χ1v) is 6.96. The highest BCUT2D eigenvalue weighted by atomic mass is 79.9. The average Bonchev–Trinajstić information content (AvgIpc) is 2.73. The van der Waals surface area contributed by atoms with E-state index in [4.69, 9.17) is 0 Å². The van der Waals surface area contributed by atoms with Gasteiger partial charge in [0, 0.05) is 19.9 Å². The third-order valence-electron chi connectivity index (χ3n) is 3.73. The minimum absolute atomic E-state index is 0.123. The molecule has 1 aliphatic rings. The van der Waals surface area contributed by atoms with Crippen molar-refractivity contribution in [3.8, 4) is 0 Å². The van der Waals surface area contributed by atoms with E-state index in [1.165, 1.54) is 5.69 Å². The normalized spacial score (nSPS) is 24.6. The summed E-state index contributed by atoms with van der Waals surface area (Å²) in [4.78, 5) is 11.4. The van der Waals surface area contributed by atoms with Crippen LogP contribution in [-0.4, -0.2) is 15.6 Å². The van der Waals surface area contributed by atoms with E-state index in [-0.39, 0.29) is 5.41 Å². The molecule has 0 aliphatic heterocycles. The molecule has 1 saturated carbocycles. The van der Waals surface area contributed by atoms with Crippen molar-refractivity contribution in [1.82, 2.24) is 9.78 Å². The fourth-order valence-corrected chi connectivity index (χ4v) is 3.42. The number of aromatic nitrogens is 2. The Morgan fingerprint density at radius 1 is 1.53 bits per heavy atom. The van der Waals surface area contributed by atoms with Crippen LogP contribution < -0.4 is 0 Å². The quantitative estimate of drug-likeness (QED) is 0.860.